The molecule has 0 bridgehead atoms. The van der Waals surface area contributed by atoms with E-state index in [1.165, 1.54) is 19.3 Å². The number of nitriles is 1. The number of nitrogens with zero attached hydrogens (tertiary/aromatic N) is 3. The number of piperazine rings is 1. The van der Waals surface area contributed by atoms with Crippen LogP contribution < -0.4 is 10.2 Å². The summed E-state index contributed by atoms with van der Waals surface area (Å²) in [5, 5.41) is 11.7. The van der Waals surface area contributed by atoms with E-state index in [2.05, 4.69) is 27.3 Å². The van der Waals surface area contributed by atoms with Crippen LogP contribution in [0.4, 0.5) is 5.69 Å². The third-order valence-electron chi connectivity index (χ3n) is 6.75. The normalized spacial score (nSPS) is 22.0. The van der Waals surface area contributed by atoms with E-state index in [0.717, 1.165) is 62.7 Å². The highest BCUT2D eigenvalue weighted by Gasteiger charge is 2.24. The first-order valence-corrected chi connectivity index (χ1v) is 11.8. The number of benzene rings is 1. The van der Waals surface area contributed by atoms with Crippen LogP contribution in [0.3, 0.4) is 0 Å². The molecule has 1 saturated heterocycles. The average Bonchev–Trinajstić information content (AvgIpc) is 2.79. The van der Waals surface area contributed by atoms with Crippen LogP contribution in [-0.2, 0) is 4.79 Å². The maximum atomic E-state index is 11.9. The first kappa shape index (κ1) is 23.3. The van der Waals surface area contributed by atoms with Crippen molar-refractivity contribution in [2.24, 2.45) is 5.92 Å². The lowest BCUT2D eigenvalue weighted by Gasteiger charge is -2.37. The zero-order valence-corrected chi connectivity index (χ0v) is 18.8. The summed E-state index contributed by atoms with van der Waals surface area (Å²) in [6.07, 6.45) is 7.37. The third kappa shape index (κ3) is 7.36. The van der Waals surface area contributed by atoms with E-state index in [1.54, 1.807) is 6.92 Å². The van der Waals surface area contributed by atoms with Crippen molar-refractivity contribution in [1.82, 2.24) is 10.2 Å². The monoisotopic (exact) mass is 424 g/mol. The standard InChI is InChI=1S/C25H36N4O2/c1-20(30)22-5-4-6-24(19-22)29-17-15-28(16-18-29)14-12-21-8-10-23(11-9-21)27-25(31)7-2-3-13-26/h4-6,19,21,23H,2-3,7-12,14-18H2,1H3,(H,27,31). The molecule has 168 valence electrons. The number of carbonyl (C=O) groups is 2. The number of carbonyl (C=O) groups excluding carboxylic acids is 2. The molecular formula is C25H36N4O2. The molecule has 6 nitrogen and oxygen atoms in total. The zero-order valence-electron chi connectivity index (χ0n) is 18.8. The topological polar surface area (TPSA) is 76.4 Å². The molecule has 3 rings (SSSR count). The first-order valence-electron chi connectivity index (χ1n) is 11.8. The Labute approximate surface area is 186 Å². The van der Waals surface area contributed by atoms with Gasteiger partial charge in [0.1, 0.15) is 0 Å². The van der Waals surface area contributed by atoms with Crippen molar-refractivity contribution in [2.75, 3.05) is 37.6 Å². The van der Waals surface area contributed by atoms with Gasteiger partial charge in [-0.3, -0.25) is 14.5 Å². The summed E-state index contributed by atoms with van der Waals surface area (Å²) in [6, 6.07) is 10.4. The second kappa shape index (κ2) is 11.9. The van der Waals surface area contributed by atoms with E-state index in [-0.39, 0.29) is 11.7 Å². The molecule has 6 heteroatoms. The smallest absolute Gasteiger partial charge is 0.220 e. The molecule has 1 N–H and O–H groups in total. The van der Waals surface area contributed by atoms with Crippen molar-refractivity contribution in [2.45, 2.75) is 64.3 Å². The van der Waals surface area contributed by atoms with Crippen molar-refractivity contribution in [3.8, 4) is 6.07 Å². The lowest BCUT2D eigenvalue weighted by molar-refractivity contribution is -0.122. The van der Waals surface area contributed by atoms with E-state index in [0.29, 0.717) is 25.3 Å². The van der Waals surface area contributed by atoms with E-state index in [4.69, 9.17) is 5.26 Å². The molecule has 0 unspecified atom stereocenters. The lowest BCUT2D eigenvalue weighted by Crippen LogP contribution is -2.47. The Bertz CT molecular complexity index is 772. The number of hydrogen-bond donors (Lipinski definition) is 1. The minimum Gasteiger partial charge on any atom is -0.369 e. The van der Waals surface area contributed by atoms with Gasteiger partial charge in [-0.25, -0.2) is 0 Å². The van der Waals surface area contributed by atoms with Crippen LogP contribution in [-0.4, -0.2) is 55.4 Å². The van der Waals surface area contributed by atoms with Crippen LogP contribution >= 0.6 is 0 Å². The molecule has 0 radical (unpaired) electrons. The molecule has 1 amide bonds. The lowest BCUT2D eigenvalue weighted by atomic mass is 9.84. The molecule has 2 aliphatic rings. The Morgan fingerprint density at radius 1 is 1.13 bits per heavy atom. The number of unbranched alkanes of at least 4 members (excludes halogenated alkanes) is 1. The minimum absolute atomic E-state index is 0.102. The Hall–Kier alpha value is -2.39. The van der Waals surface area contributed by atoms with Crippen molar-refractivity contribution in [3.05, 3.63) is 29.8 Å². The van der Waals surface area contributed by atoms with Gasteiger partial charge in [0.05, 0.1) is 6.07 Å². The molecule has 31 heavy (non-hydrogen) atoms. The molecule has 1 aromatic carbocycles. The first-order chi connectivity index (χ1) is 15.0. The molecule has 0 spiro atoms. The quantitative estimate of drug-likeness (QED) is 0.482. The molecule has 1 heterocycles. The van der Waals surface area contributed by atoms with Crippen molar-refractivity contribution >= 4 is 17.4 Å². The summed E-state index contributed by atoms with van der Waals surface area (Å²) < 4.78 is 0. The van der Waals surface area contributed by atoms with Gasteiger partial charge in [-0.15, -0.1) is 0 Å². The third-order valence-corrected chi connectivity index (χ3v) is 6.75. The summed E-state index contributed by atoms with van der Waals surface area (Å²) in [5.74, 6) is 0.983. The van der Waals surface area contributed by atoms with Gasteiger partial charge in [-0.2, -0.15) is 5.26 Å². The van der Waals surface area contributed by atoms with Gasteiger partial charge in [-0.1, -0.05) is 12.1 Å². The molecule has 1 aliphatic heterocycles. The fourth-order valence-corrected chi connectivity index (χ4v) is 4.74. The number of hydrogen-bond acceptors (Lipinski definition) is 5. The summed E-state index contributed by atoms with van der Waals surface area (Å²) in [4.78, 5) is 28.5. The fourth-order valence-electron chi connectivity index (χ4n) is 4.74. The summed E-state index contributed by atoms with van der Waals surface area (Å²) >= 11 is 0. The minimum atomic E-state index is 0.102. The zero-order chi connectivity index (χ0) is 22.1. The molecular weight excluding hydrogens is 388 g/mol. The Morgan fingerprint density at radius 3 is 2.55 bits per heavy atom. The SMILES string of the molecule is CC(=O)c1cccc(N2CCN(CCC3CCC(NC(=O)CCCC#N)CC3)CC2)c1. The maximum Gasteiger partial charge on any atom is 0.220 e. The molecule has 1 saturated carbocycles. The number of ketones is 1. The van der Waals surface area contributed by atoms with E-state index in [1.807, 2.05) is 18.2 Å². The second-order valence-corrected chi connectivity index (χ2v) is 9.02. The van der Waals surface area contributed by atoms with Gasteiger partial charge < -0.3 is 10.2 Å². The Balaban J connectivity index is 1.32. The van der Waals surface area contributed by atoms with Crippen molar-refractivity contribution < 1.29 is 9.59 Å². The average molecular weight is 425 g/mol. The van der Waals surface area contributed by atoms with Crippen LogP contribution in [0, 0.1) is 17.2 Å². The van der Waals surface area contributed by atoms with Gasteiger partial charge in [0.25, 0.3) is 0 Å². The molecule has 0 atom stereocenters. The van der Waals surface area contributed by atoms with Crippen LogP contribution in [0.15, 0.2) is 24.3 Å². The van der Waals surface area contributed by atoms with Crippen molar-refractivity contribution in [3.63, 3.8) is 0 Å². The van der Waals surface area contributed by atoms with Crippen molar-refractivity contribution in [1.29, 1.82) is 5.26 Å². The summed E-state index contributed by atoms with van der Waals surface area (Å²) in [6.45, 7) is 6.92. The summed E-state index contributed by atoms with van der Waals surface area (Å²) in [5.41, 5.74) is 1.94. The number of rotatable bonds is 9. The highest BCUT2D eigenvalue weighted by atomic mass is 16.1. The Kier molecular flexibility index (Phi) is 8.90. The largest absolute Gasteiger partial charge is 0.369 e. The highest BCUT2D eigenvalue weighted by molar-refractivity contribution is 5.95. The molecule has 1 aliphatic carbocycles. The summed E-state index contributed by atoms with van der Waals surface area (Å²) in [7, 11) is 0. The van der Waals surface area contributed by atoms with E-state index < -0.39 is 0 Å². The predicted octanol–water partition coefficient (Wildman–Crippen LogP) is 3.77. The van der Waals surface area contributed by atoms with Gasteiger partial charge in [0.2, 0.25) is 5.91 Å². The maximum absolute atomic E-state index is 11.9. The van der Waals surface area contributed by atoms with Crippen LogP contribution in [0.1, 0.15) is 68.6 Å². The molecule has 1 aromatic rings. The molecule has 0 aromatic heterocycles. The van der Waals surface area contributed by atoms with E-state index in [9.17, 15) is 9.59 Å². The number of Topliss-reactive ketones (excluding diaryl/α,β-unsaturated/α-hetero) is 1. The van der Waals surface area contributed by atoms with Gasteiger partial charge in [-0.05, 0) is 70.0 Å². The number of nitrogens with one attached hydrogen (secondary N) is 1. The second-order valence-electron chi connectivity index (χ2n) is 9.02. The van der Waals surface area contributed by atoms with Gasteiger partial charge in [0.15, 0.2) is 5.78 Å². The molecule has 2 fully saturated rings. The van der Waals surface area contributed by atoms with Crippen LogP contribution in [0.5, 0.6) is 0 Å². The Morgan fingerprint density at radius 2 is 1.87 bits per heavy atom. The highest BCUT2D eigenvalue weighted by Crippen LogP contribution is 2.27. The predicted molar refractivity (Wildman–Crippen MR) is 123 cm³/mol. The van der Waals surface area contributed by atoms with Crippen LogP contribution in [0.25, 0.3) is 0 Å². The van der Waals surface area contributed by atoms with Gasteiger partial charge in [0, 0.05) is 56.3 Å². The number of anilines is 1. The van der Waals surface area contributed by atoms with E-state index >= 15 is 0 Å². The number of amides is 1. The van der Waals surface area contributed by atoms with Gasteiger partial charge >= 0.3 is 0 Å². The van der Waals surface area contributed by atoms with Crippen LogP contribution in [0.2, 0.25) is 0 Å². The fraction of sp³-hybridized carbons (Fsp3) is 0.640.